The molecule has 0 radical (unpaired) electrons. The first-order valence-corrected chi connectivity index (χ1v) is 7.03. The Kier molecular flexibility index (Phi) is 3.70. The summed E-state index contributed by atoms with van der Waals surface area (Å²) in [5.74, 6) is 0. The van der Waals surface area contributed by atoms with Gasteiger partial charge in [-0.25, -0.2) is 4.79 Å². The van der Waals surface area contributed by atoms with E-state index in [1.165, 1.54) is 4.57 Å². The maximum absolute atomic E-state index is 12.1. The number of aromatic amines is 1. The summed E-state index contributed by atoms with van der Waals surface area (Å²) >= 11 is 0. The summed E-state index contributed by atoms with van der Waals surface area (Å²) in [6.45, 7) is -0.463. The number of ether oxygens (including phenoxy) is 1. The van der Waals surface area contributed by atoms with Gasteiger partial charge in [-0.15, -0.1) is 0 Å². The molecule has 0 aromatic carbocycles. The van der Waals surface area contributed by atoms with Gasteiger partial charge in [-0.1, -0.05) is 0 Å². The van der Waals surface area contributed by atoms with E-state index in [9.17, 15) is 19.8 Å². The van der Waals surface area contributed by atoms with Crippen LogP contribution in [0.2, 0.25) is 0 Å². The van der Waals surface area contributed by atoms with Crippen LogP contribution in [-0.4, -0.2) is 49.8 Å². The van der Waals surface area contributed by atoms with Crippen molar-refractivity contribution in [3.05, 3.63) is 32.1 Å². The second-order valence-electron chi connectivity index (χ2n) is 5.49. The van der Waals surface area contributed by atoms with Crippen molar-refractivity contribution in [2.75, 3.05) is 6.61 Å². The Hall–Kier alpha value is -1.48. The Morgan fingerprint density at radius 2 is 1.90 bits per heavy atom. The molecule has 21 heavy (non-hydrogen) atoms. The second kappa shape index (κ2) is 5.38. The lowest BCUT2D eigenvalue weighted by Crippen LogP contribution is -2.42. The summed E-state index contributed by atoms with van der Waals surface area (Å²) in [6, 6.07) is 0. The van der Waals surface area contributed by atoms with E-state index in [0.717, 1.165) is 12.8 Å². The van der Waals surface area contributed by atoms with E-state index in [0.29, 0.717) is 24.1 Å². The van der Waals surface area contributed by atoms with E-state index in [-0.39, 0.29) is 0 Å². The number of fused-ring (bicyclic) bond motifs is 1. The number of nitrogens with zero attached hydrogens (tertiary/aromatic N) is 1. The highest BCUT2D eigenvalue weighted by molar-refractivity contribution is 5.21. The normalized spacial score (nSPS) is 32.1. The topological polar surface area (TPSA) is 125 Å². The highest BCUT2D eigenvalue weighted by atomic mass is 16.6. The molecule has 4 N–H and O–H groups in total. The first-order valence-electron chi connectivity index (χ1n) is 7.03. The van der Waals surface area contributed by atoms with E-state index in [1.54, 1.807) is 0 Å². The molecule has 2 heterocycles. The third-order valence-corrected chi connectivity index (χ3v) is 4.21. The fraction of sp³-hybridized carbons (Fsp3) is 0.692. The summed E-state index contributed by atoms with van der Waals surface area (Å²) in [6.07, 6.45) is -1.86. The fourth-order valence-electron chi connectivity index (χ4n) is 3.12. The molecule has 1 aliphatic carbocycles. The van der Waals surface area contributed by atoms with Crippen molar-refractivity contribution in [1.82, 2.24) is 9.55 Å². The first-order chi connectivity index (χ1) is 10.0. The van der Waals surface area contributed by atoms with E-state index < -0.39 is 42.4 Å². The molecule has 3 rings (SSSR count). The predicted octanol–water partition coefficient (Wildman–Crippen LogP) is -1.97. The second-order valence-corrected chi connectivity index (χ2v) is 5.49. The van der Waals surface area contributed by atoms with Gasteiger partial charge in [-0.05, 0) is 25.7 Å². The average molecular weight is 298 g/mol. The van der Waals surface area contributed by atoms with Gasteiger partial charge in [-0.3, -0.25) is 14.3 Å². The zero-order valence-electron chi connectivity index (χ0n) is 11.4. The lowest BCUT2D eigenvalue weighted by molar-refractivity contribution is -0.0565. The molecule has 0 saturated carbocycles. The molecule has 1 aliphatic heterocycles. The lowest BCUT2D eigenvalue weighted by Gasteiger charge is -2.25. The Morgan fingerprint density at radius 3 is 2.57 bits per heavy atom. The van der Waals surface area contributed by atoms with Crippen LogP contribution in [0.3, 0.4) is 0 Å². The van der Waals surface area contributed by atoms with E-state index in [2.05, 4.69) is 4.98 Å². The maximum atomic E-state index is 12.1. The van der Waals surface area contributed by atoms with Gasteiger partial charge in [0.05, 0.1) is 6.61 Å². The summed E-state index contributed by atoms with van der Waals surface area (Å²) in [5.41, 5.74) is -0.00314. The SMILES string of the molecule is O=c1[nH]c(=O)n([C@H]2O[C@@H](CO)[C@@H](O)[C@@H]2O)c2c1CCCC2. The lowest BCUT2D eigenvalue weighted by atomic mass is 9.96. The van der Waals surface area contributed by atoms with E-state index in [1.807, 2.05) is 0 Å². The van der Waals surface area contributed by atoms with Crippen LogP contribution in [0.15, 0.2) is 9.59 Å². The summed E-state index contributed by atoms with van der Waals surface area (Å²) in [5, 5.41) is 29.0. The summed E-state index contributed by atoms with van der Waals surface area (Å²) in [7, 11) is 0. The zero-order chi connectivity index (χ0) is 15.1. The van der Waals surface area contributed by atoms with Gasteiger partial charge in [0, 0.05) is 11.3 Å². The fourth-order valence-corrected chi connectivity index (χ4v) is 3.12. The van der Waals surface area contributed by atoms with Crippen LogP contribution in [-0.2, 0) is 17.6 Å². The number of rotatable bonds is 2. The van der Waals surface area contributed by atoms with Gasteiger partial charge in [0.1, 0.15) is 18.3 Å². The number of H-pyrrole nitrogens is 1. The molecule has 1 fully saturated rings. The number of nitrogens with one attached hydrogen (secondary N) is 1. The summed E-state index contributed by atoms with van der Waals surface area (Å²) in [4.78, 5) is 26.2. The molecule has 0 spiro atoms. The molecule has 0 bridgehead atoms. The van der Waals surface area contributed by atoms with E-state index in [4.69, 9.17) is 9.84 Å². The highest BCUT2D eigenvalue weighted by Gasteiger charge is 2.44. The molecule has 1 aromatic rings. The van der Waals surface area contributed by atoms with Crippen LogP contribution in [0.1, 0.15) is 30.3 Å². The molecule has 8 heteroatoms. The largest absolute Gasteiger partial charge is 0.394 e. The number of aromatic nitrogens is 2. The van der Waals surface area contributed by atoms with Gasteiger partial charge in [0.25, 0.3) is 5.56 Å². The summed E-state index contributed by atoms with van der Waals surface area (Å²) < 4.78 is 6.61. The van der Waals surface area contributed by atoms with Gasteiger partial charge in [0.2, 0.25) is 0 Å². The molecule has 2 aliphatic rings. The van der Waals surface area contributed by atoms with Gasteiger partial charge in [0.15, 0.2) is 6.23 Å². The average Bonchev–Trinajstić information content (AvgIpc) is 2.75. The number of hydrogen-bond acceptors (Lipinski definition) is 6. The molecule has 1 aromatic heterocycles. The molecule has 8 nitrogen and oxygen atoms in total. The molecule has 116 valence electrons. The smallest absolute Gasteiger partial charge is 0.330 e. The van der Waals surface area contributed by atoms with E-state index >= 15 is 0 Å². The minimum atomic E-state index is -1.34. The highest BCUT2D eigenvalue weighted by Crippen LogP contribution is 2.30. The molecule has 4 atom stereocenters. The van der Waals surface area contributed by atoms with Gasteiger partial charge < -0.3 is 20.1 Å². The molecular formula is C13H18N2O6. The van der Waals surface area contributed by atoms with Crippen LogP contribution < -0.4 is 11.2 Å². The Labute approximate surface area is 119 Å². The van der Waals surface area contributed by atoms with Gasteiger partial charge in [-0.2, -0.15) is 0 Å². The van der Waals surface area contributed by atoms with Crippen LogP contribution in [0.5, 0.6) is 0 Å². The Balaban J connectivity index is 2.11. The minimum absolute atomic E-state index is 0.405. The number of aliphatic hydroxyl groups excluding tert-OH is 3. The van der Waals surface area contributed by atoms with Crippen LogP contribution in [0, 0.1) is 0 Å². The van der Waals surface area contributed by atoms with Crippen molar-refractivity contribution in [1.29, 1.82) is 0 Å². The maximum Gasteiger partial charge on any atom is 0.330 e. The zero-order valence-corrected chi connectivity index (χ0v) is 11.4. The quantitative estimate of drug-likeness (QED) is 0.502. The monoisotopic (exact) mass is 298 g/mol. The molecule has 0 amide bonds. The van der Waals surface area contributed by atoms with Crippen molar-refractivity contribution < 1.29 is 20.1 Å². The Morgan fingerprint density at radius 1 is 1.19 bits per heavy atom. The van der Waals surface area contributed by atoms with Gasteiger partial charge >= 0.3 is 5.69 Å². The third-order valence-electron chi connectivity index (χ3n) is 4.21. The van der Waals surface area contributed by atoms with Crippen molar-refractivity contribution in [2.24, 2.45) is 0 Å². The molecule has 0 unspecified atom stereocenters. The van der Waals surface area contributed by atoms with Crippen LogP contribution in [0.4, 0.5) is 0 Å². The van der Waals surface area contributed by atoms with Crippen molar-refractivity contribution >= 4 is 0 Å². The first kappa shape index (κ1) is 14.5. The van der Waals surface area contributed by atoms with Crippen LogP contribution in [0.25, 0.3) is 0 Å². The van der Waals surface area contributed by atoms with Crippen molar-refractivity contribution in [3.8, 4) is 0 Å². The third kappa shape index (κ3) is 2.24. The van der Waals surface area contributed by atoms with Crippen molar-refractivity contribution in [3.63, 3.8) is 0 Å². The molecular weight excluding hydrogens is 280 g/mol. The predicted molar refractivity (Wildman–Crippen MR) is 71.0 cm³/mol. The molecule has 1 saturated heterocycles. The Bertz CT molecular complexity index is 651. The number of aliphatic hydroxyl groups is 3. The van der Waals surface area contributed by atoms with Crippen molar-refractivity contribution in [2.45, 2.75) is 50.2 Å². The minimum Gasteiger partial charge on any atom is -0.394 e. The van der Waals surface area contributed by atoms with Crippen LogP contribution >= 0.6 is 0 Å². The standard InChI is InChI=1S/C13H18N2O6/c16-5-8-9(17)10(18)12(21-8)15-7-4-2-1-3-6(7)11(19)14-13(15)20/h8-10,12,16-18H,1-5H2,(H,14,19,20)/t8-,9+,10-,12-/m0/s1. The number of hydrogen-bond donors (Lipinski definition) is 4.